The third-order valence-corrected chi connectivity index (χ3v) is 2.38. The van der Waals surface area contributed by atoms with Gasteiger partial charge in [-0.15, -0.1) is 0 Å². The Kier molecular flexibility index (Phi) is 2.40. The summed E-state index contributed by atoms with van der Waals surface area (Å²) in [5.74, 6) is -0.934. The fourth-order valence-electron chi connectivity index (χ4n) is 1.55. The SMILES string of the molecule is NC1=C(C(=O)O)CC(=O)N1Cc1ccco1. The second kappa shape index (κ2) is 3.73. The molecule has 0 radical (unpaired) electrons. The molecule has 1 amide bonds. The van der Waals surface area contributed by atoms with E-state index in [9.17, 15) is 9.59 Å². The largest absolute Gasteiger partial charge is 0.478 e. The quantitative estimate of drug-likeness (QED) is 0.764. The van der Waals surface area contributed by atoms with Crippen LogP contribution in [0.3, 0.4) is 0 Å². The molecule has 0 spiro atoms. The van der Waals surface area contributed by atoms with E-state index < -0.39 is 5.97 Å². The van der Waals surface area contributed by atoms with Crippen LogP contribution in [0.15, 0.2) is 34.2 Å². The lowest BCUT2D eigenvalue weighted by molar-refractivity contribution is -0.134. The first-order valence-electron chi connectivity index (χ1n) is 4.64. The monoisotopic (exact) mass is 222 g/mol. The number of rotatable bonds is 3. The van der Waals surface area contributed by atoms with E-state index in [0.29, 0.717) is 5.76 Å². The highest BCUT2D eigenvalue weighted by Gasteiger charge is 2.32. The Morgan fingerprint density at radius 3 is 2.88 bits per heavy atom. The van der Waals surface area contributed by atoms with E-state index in [4.69, 9.17) is 15.3 Å². The summed E-state index contributed by atoms with van der Waals surface area (Å²) in [7, 11) is 0. The van der Waals surface area contributed by atoms with Crippen molar-refractivity contribution in [2.24, 2.45) is 5.73 Å². The molecule has 6 nitrogen and oxygen atoms in total. The highest BCUT2D eigenvalue weighted by molar-refractivity contribution is 5.98. The predicted molar refractivity (Wildman–Crippen MR) is 52.7 cm³/mol. The third kappa shape index (κ3) is 1.65. The van der Waals surface area contributed by atoms with Gasteiger partial charge in [-0.1, -0.05) is 0 Å². The van der Waals surface area contributed by atoms with Gasteiger partial charge in [0.15, 0.2) is 0 Å². The Morgan fingerprint density at radius 1 is 1.62 bits per heavy atom. The van der Waals surface area contributed by atoms with Crippen LogP contribution in [0.1, 0.15) is 12.2 Å². The normalized spacial score (nSPS) is 16.0. The minimum atomic E-state index is -1.16. The number of hydrogen-bond donors (Lipinski definition) is 2. The number of nitrogens with two attached hydrogens (primary N) is 1. The molecular weight excluding hydrogens is 212 g/mol. The molecule has 1 aromatic heterocycles. The minimum Gasteiger partial charge on any atom is -0.478 e. The van der Waals surface area contributed by atoms with Crippen LogP contribution in [0.25, 0.3) is 0 Å². The summed E-state index contributed by atoms with van der Waals surface area (Å²) in [6, 6.07) is 3.38. The molecule has 0 atom stereocenters. The van der Waals surface area contributed by atoms with Gasteiger partial charge in [0.2, 0.25) is 5.91 Å². The Balaban J connectivity index is 2.22. The highest BCUT2D eigenvalue weighted by Crippen LogP contribution is 2.22. The molecule has 0 aliphatic carbocycles. The maximum absolute atomic E-state index is 11.5. The number of carboxylic acids is 1. The number of carbonyl (C=O) groups excluding carboxylic acids is 1. The zero-order valence-corrected chi connectivity index (χ0v) is 8.34. The maximum atomic E-state index is 11.5. The first-order valence-corrected chi connectivity index (χ1v) is 4.64. The van der Waals surface area contributed by atoms with E-state index in [1.54, 1.807) is 12.1 Å². The van der Waals surface area contributed by atoms with Crippen LogP contribution in [-0.4, -0.2) is 21.9 Å². The number of carboxylic acid groups (broad SMARTS) is 1. The number of nitrogens with zero attached hydrogens (tertiary/aromatic N) is 1. The highest BCUT2D eigenvalue weighted by atomic mass is 16.4. The molecule has 0 bridgehead atoms. The molecule has 16 heavy (non-hydrogen) atoms. The second-order valence-electron chi connectivity index (χ2n) is 3.40. The van der Waals surface area contributed by atoms with E-state index in [-0.39, 0.29) is 30.3 Å². The Morgan fingerprint density at radius 2 is 2.38 bits per heavy atom. The van der Waals surface area contributed by atoms with E-state index in [1.807, 2.05) is 0 Å². The van der Waals surface area contributed by atoms with Crippen LogP contribution >= 0.6 is 0 Å². The van der Waals surface area contributed by atoms with Crippen LogP contribution in [0.4, 0.5) is 0 Å². The molecule has 0 saturated carbocycles. The van der Waals surface area contributed by atoms with Crippen LogP contribution in [0.5, 0.6) is 0 Å². The van der Waals surface area contributed by atoms with E-state index >= 15 is 0 Å². The number of carbonyl (C=O) groups is 2. The standard InChI is InChI=1S/C10H10N2O4/c11-9-7(10(14)15)4-8(13)12(9)5-6-2-1-3-16-6/h1-3H,4-5,11H2,(H,14,15). The van der Waals surface area contributed by atoms with Crippen molar-refractivity contribution < 1.29 is 19.1 Å². The Bertz CT molecular complexity index is 461. The zero-order chi connectivity index (χ0) is 11.7. The molecule has 0 aromatic carbocycles. The van der Waals surface area contributed by atoms with Crippen molar-refractivity contribution in [2.45, 2.75) is 13.0 Å². The summed E-state index contributed by atoms with van der Waals surface area (Å²) >= 11 is 0. The van der Waals surface area contributed by atoms with Gasteiger partial charge < -0.3 is 15.3 Å². The van der Waals surface area contributed by atoms with Crippen molar-refractivity contribution in [1.29, 1.82) is 0 Å². The van der Waals surface area contributed by atoms with Gasteiger partial charge in [0.05, 0.1) is 24.8 Å². The molecule has 0 fully saturated rings. The topological polar surface area (TPSA) is 96.8 Å². The van der Waals surface area contributed by atoms with E-state index in [2.05, 4.69) is 0 Å². The van der Waals surface area contributed by atoms with Crippen LogP contribution in [0.2, 0.25) is 0 Å². The summed E-state index contributed by atoms with van der Waals surface area (Å²) in [6.45, 7) is 0.161. The molecule has 2 heterocycles. The first-order chi connectivity index (χ1) is 7.59. The first kappa shape index (κ1) is 10.3. The summed E-state index contributed by atoms with van der Waals surface area (Å²) < 4.78 is 5.07. The lowest BCUT2D eigenvalue weighted by atomic mass is 10.2. The van der Waals surface area contributed by atoms with Crippen molar-refractivity contribution >= 4 is 11.9 Å². The van der Waals surface area contributed by atoms with Gasteiger partial charge in [0, 0.05) is 0 Å². The summed E-state index contributed by atoms with van der Waals surface area (Å²) in [4.78, 5) is 23.5. The summed E-state index contributed by atoms with van der Waals surface area (Å²) in [5.41, 5.74) is 5.53. The van der Waals surface area contributed by atoms with Gasteiger partial charge in [-0.2, -0.15) is 0 Å². The van der Waals surface area contributed by atoms with Crippen LogP contribution in [-0.2, 0) is 16.1 Å². The molecule has 3 N–H and O–H groups in total. The smallest absolute Gasteiger partial charge is 0.335 e. The number of aliphatic carboxylic acids is 1. The molecule has 1 aliphatic rings. The molecule has 84 valence electrons. The van der Waals surface area contributed by atoms with E-state index in [1.165, 1.54) is 11.2 Å². The minimum absolute atomic E-state index is 0.00565. The number of hydrogen-bond acceptors (Lipinski definition) is 4. The maximum Gasteiger partial charge on any atom is 0.335 e. The van der Waals surface area contributed by atoms with Gasteiger partial charge >= 0.3 is 5.97 Å². The van der Waals surface area contributed by atoms with Crippen molar-refractivity contribution in [3.63, 3.8) is 0 Å². The molecule has 1 aromatic rings. The molecule has 6 heteroatoms. The zero-order valence-electron chi connectivity index (χ0n) is 8.34. The molecule has 0 unspecified atom stereocenters. The van der Waals surface area contributed by atoms with Gasteiger partial charge in [-0.05, 0) is 12.1 Å². The van der Waals surface area contributed by atoms with Gasteiger partial charge in [0.25, 0.3) is 0 Å². The summed E-state index contributed by atoms with van der Waals surface area (Å²) in [5, 5.41) is 8.81. The van der Waals surface area contributed by atoms with Crippen molar-refractivity contribution in [3.8, 4) is 0 Å². The average molecular weight is 222 g/mol. The predicted octanol–water partition coefficient (Wildman–Crippen LogP) is 0.267. The second-order valence-corrected chi connectivity index (χ2v) is 3.40. The lowest BCUT2D eigenvalue weighted by Gasteiger charge is -2.15. The molecule has 1 aliphatic heterocycles. The van der Waals surface area contributed by atoms with Gasteiger partial charge in [0.1, 0.15) is 11.6 Å². The molecule has 2 rings (SSSR count). The third-order valence-electron chi connectivity index (χ3n) is 2.38. The van der Waals surface area contributed by atoms with Crippen molar-refractivity contribution in [2.75, 3.05) is 0 Å². The fourth-order valence-corrected chi connectivity index (χ4v) is 1.55. The summed E-state index contributed by atoms with van der Waals surface area (Å²) in [6.07, 6.45) is 1.32. The fraction of sp³-hybridized carbons (Fsp3) is 0.200. The van der Waals surface area contributed by atoms with E-state index in [0.717, 1.165) is 0 Å². The number of amides is 1. The van der Waals surface area contributed by atoms with Crippen LogP contribution in [0, 0.1) is 0 Å². The average Bonchev–Trinajstić information content (AvgIpc) is 2.81. The van der Waals surface area contributed by atoms with Gasteiger partial charge in [-0.25, -0.2) is 4.79 Å². The van der Waals surface area contributed by atoms with Gasteiger partial charge in [-0.3, -0.25) is 9.69 Å². The molecule has 0 saturated heterocycles. The lowest BCUT2D eigenvalue weighted by Crippen LogP contribution is -2.28. The van der Waals surface area contributed by atoms with Crippen molar-refractivity contribution in [3.05, 3.63) is 35.6 Å². The Hall–Kier alpha value is -2.24. The van der Waals surface area contributed by atoms with Crippen molar-refractivity contribution in [1.82, 2.24) is 4.90 Å². The number of furan rings is 1. The van der Waals surface area contributed by atoms with Crippen LogP contribution < -0.4 is 5.73 Å². The Labute approximate surface area is 90.9 Å². The molecular formula is C10H10N2O4.